The lowest BCUT2D eigenvalue weighted by Crippen LogP contribution is -2.44. The van der Waals surface area contributed by atoms with Crippen LogP contribution in [0.1, 0.15) is 12.8 Å². The van der Waals surface area contributed by atoms with Gasteiger partial charge in [0.25, 0.3) is 5.91 Å². The maximum absolute atomic E-state index is 12.2. The molecule has 3 heterocycles. The van der Waals surface area contributed by atoms with Crippen LogP contribution in [-0.2, 0) is 19.6 Å². The number of carbonyl (C=O) groups excluding carboxylic acids is 1. The second kappa shape index (κ2) is 5.94. The number of aromatic nitrogens is 1. The molecule has 0 saturated carbocycles. The van der Waals surface area contributed by atoms with E-state index in [4.69, 9.17) is 4.74 Å². The van der Waals surface area contributed by atoms with Gasteiger partial charge in [-0.2, -0.15) is 4.31 Å². The molecule has 0 spiro atoms. The normalized spacial score (nSPS) is 29.0. The lowest BCUT2D eigenvalue weighted by atomic mass is 9.93. The van der Waals surface area contributed by atoms with Crippen molar-refractivity contribution < 1.29 is 17.9 Å². The largest absolute Gasteiger partial charge is 0.363 e. The van der Waals surface area contributed by atoms with E-state index in [-0.39, 0.29) is 17.9 Å². The van der Waals surface area contributed by atoms with Crippen molar-refractivity contribution >= 4 is 21.6 Å². The van der Waals surface area contributed by atoms with E-state index in [0.717, 1.165) is 6.42 Å². The number of sulfonamides is 1. The van der Waals surface area contributed by atoms with E-state index in [1.807, 2.05) is 0 Å². The molecule has 120 valence electrons. The van der Waals surface area contributed by atoms with Crippen molar-refractivity contribution in [1.82, 2.24) is 9.29 Å². The fourth-order valence-corrected chi connectivity index (χ4v) is 3.89. The van der Waals surface area contributed by atoms with Gasteiger partial charge in [-0.05, 0) is 30.9 Å². The highest BCUT2D eigenvalue weighted by Gasteiger charge is 2.43. The predicted octanol–water partition coefficient (Wildman–Crippen LogP) is 0.459. The average Bonchev–Trinajstić information content (AvgIpc) is 2.90. The Labute approximate surface area is 129 Å². The number of hydrogen-bond donors (Lipinski definition) is 1. The minimum Gasteiger partial charge on any atom is -0.363 e. The molecule has 2 fully saturated rings. The summed E-state index contributed by atoms with van der Waals surface area (Å²) in [5, 5.41) is 2.78. The number of nitrogens with zero attached hydrogens (tertiary/aromatic N) is 2. The summed E-state index contributed by atoms with van der Waals surface area (Å²) in [6, 6.07) is 3.51. The van der Waals surface area contributed by atoms with Gasteiger partial charge < -0.3 is 10.1 Å². The molecule has 3 atom stereocenters. The van der Waals surface area contributed by atoms with Crippen LogP contribution in [0.3, 0.4) is 0 Å². The summed E-state index contributed by atoms with van der Waals surface area (Å²) in [7, 11) is -3.21. The number of carbonyl (C=O) groups is 1. The molecule has 0 aromatic carbocycles. The molecule has 0 aliphatic carbocycles. The zero-order valence-electron chi connectivity index (χ0n) is 12.3. The van der Waals surface area contributed by atoms with Gasteiger partial charge in [-0.3, -0.25) is 9.78 Å². The fraction of sp³-hybridized carbons (Fsp3) is 0.571. The van der Waals surface area contributed by atoms with Crippen molar-refractivity contribution in [1.29, 1.82) is 0 Å². The first-order valence-corrected chi connectivity index (χ1v) is 9.10. The molecule has 1 aromatic heterocycles. The molecule has 7 nitrogen and oxygen atoms in total. The fourth-order valence-electron chi connectivity index (χ4n) is 3.03. The molecule has 2 aliphatic rings. The van der Waals surface area contributed by atoms with Gasteiger partial charge in [-0.15, -0.1) is 0 Å². The number of rotatable bonds is 3. The Morgan fingerprint density at radius 1 is 1.50 bits per heavy atom. The van der Waals surface area contributed by atoms with Crippen molar-refractivity contribution in [2.24, 2.45) is 5.92 Å². The number of fused-ring (bicyclic) bond motifs is 1. The van der Waals surface area contributed by atoms with Crippen LogP contribution in [-0.4, -0.2) is 55.2 Å². The Morgan fingerprint density at radius 3 is 3.00 bits per heavy atom. The minimum atomic E-state index is -3.21. The van der Waals surface area contributed by atoms with Crippen molar-refractivity contribution in [3.63, 3.8) is 0 Å². The van der Waals surface area contributed by atoms with Crippen molar-refractivity contribution in [2.45, 2.75) is 25.0 Å². The van der Waals surface area contributed by atoms with Gasteiger partial charge in [0.1, 0.15) is 6.10 Å². The first kappa shape index (κ1) is 15.4. The molecule has 0 radical (unpaired) electrons. The second-order valence-electron chi connectivity index (χ2n) is 5.80. The molecule has 3 rings (SSSR count). The van der Waals surface area contributed by atoms with E-state index in [1.165, 1.54) is 10.6 Å². The third-order valence-electron chi connectivity index (χ3n) is 4.21. The predicted molar refractivity (Wildman–Crippen MR) is 80.7 cm³/mol. The molecule has 0 unspecified atom stereocenters. The lowest BCUT2D eigenvalue weighted by molar-refractivity contribution is -0.127. The van der Waals surface area contributed by atoms with Gasteiger partial charge in [0.05, 0.1) is 24.2 Å². The highest BCUT2D eigenvalue weighted by atomic mass is 32.2. The summed E-state index contributed by atoms with van der Waals surface area (Å²) < 4.78 is 30.4. The summed E-state index contributed by atoms with van der Waals surface area (Å²) in [5.41, 5.74) is 0.628. The van der Waals surface area contributed by atoms with E-state index < -0.39 is 16.1 Å². The standard InChI is InChI=1S/C14H19N3O4S/c1-22(19,20)17-6-4-10-7-12(21-13(10)9-17)14(18)16-11-3-2-5-15-8-11/h2-3,5,8,10,12-13H,4,6-7,9H2,1H3,(H,16,18)/t10-,12-,13+/m1/s1. The third-order valence-corrected chi connectivity index (χ3v) is 5.47. The summed E-state index contributed by atoms with van der Waals surface area (Å²) in [6.45, 7) is 0.834. The number of piperidine rings is 1. The van der Waals surface area contributed by atoms with Crippen LogP contribution in [0.4, 0.5) is 5.69 Å². The summed E-state index contributed by atoms with van der Waals surface area (Å²) >= 11 is 0. The molecule has 1 amide bonds. The number of ether oxygens (including phenoxy) is 1. The molecular formula is C14H19N3O4S. The number of amides is 1. The van der Waals surface area contributed by atoms with Gasteiger partial charge in [-0.1, -0.05) is 0 Å². The van der Waals surface area contributed by atoms with Crippen LogP contribution in [0.15, 0.2) is 24.5 Å². The second-order valence-corrected chi connectivity index (χ2v) is 7.78. The first-order valence-electron chi connectivity index (χ1n) is 7.25. The zero-order valence-corrected chi connectivity index (χ0v) is 13.1. The smallest absolute Gasteiger partial charge is 0.253 e. The molecule has 0 bridgehead atoms. The third kappa shape index (κ3) is 3.29. The topological polar surface area (TPSA) is 88.6 Å². The monoisotopic (exact) mass is 325 g/mol. The van der Waals surface area contributed by atoms with E-state index in [0.29, 0.717) is 25.2 Å². The Hall–Kier alpha value is -1.51. The van der Waals surface area contributed by atoms with Gasteiger partial charge >= 0.3 is 0 Å². The summed E-state index contributed by atoms with van der Waals surface area (Å²) in [4.78, 5) is 16.2. The Bertz CT molecular complexity index is 649. The van der Waals surface area contributed by atoms with Crippen LogP contribution in [0.5, 0.6) is 0 Å². The lowest BCUT2D eigenvalue weighted by Gasteiger charge is -2.32. The van der Waals surface area contributed by atoms with Crippen molar-refractivity contribution in [2.75, 3.05) is 24.7 Å². The molecule has 1 aromatic rings. The van der Waals surface area contributed by atoms with Gasteiger partial charge in [0.15, 0.2) is 0 Å². The van der Waals surface area contributed by atoms with E-state index in [1.54, 1.807) is 24.5 Å². The van der Waals surface area contributed by atoms with E-state index in [9.17, 15) is 13.2 Å². The van der Waals surface area contributed by atoms with Gasteiger partial charge in [-0.25, -0.2) is 8.42 Å². The van der Waals surface area contributed by atoms with Crippen LogP contribution in [0.2, 0.25) is 0 Å². The average molecular weight is 325 g/mol. The molecule has 2 aliphatic heterocycles. The van der Waals surface area contributed by atoms with Gasteiger partial charge in [0.2, 0.25) is 10.0 Å². The number of pyridine rings is 1. The van der Waals surface area contributed by atoms with E-state index >= 15 is 0 Å². The molecular weight excluding hydrogens is 306 g/mol. The van der Waals surface area contributed by atoms with Crippen molar-refractivity contribution in [3.05, 3.63) is 24.5 Å². The van der Waals surface area contributed by atoms with Gasteiger partial charge in [0, 0.05) is 19.3 Å². The van der Waals surface area contributed by atoms with Crippen molar-refractivity contribution in [3.8, 4) is 0 Å². The van der Waals surface area contributed by atoms with Crippen LogP contribution in [0, 0.1) is 5.92 Å². The van der Waals surface area contributed by atoms with E-state index in [2.05, 4.69) is 10.3 Å². The minimum absolute atomic E-state index is 0.201. The molecule has 8 heteroatoms. The Balaban J connectivity index is 1.61. The maximum Gasteiger partial charge on any atom is 0.253 e. The maximum atomic E-state index is 12.2. The Morgan fingerprint density at radius 2 is 2.32 bits per heavy atom. The SMILES string of the molecule is CS(=O)(=O)N1CC[C@@H]2C[C@H](C(=O)Nc3cccnc3)O[C@H]2C1. The first-order chi connectivity index (χ1) is 10.4. The molecule has 22 heavy (non-hydrogen) atoms. The quantitative estimate of drug-likeness (QED) is 0.872. The number of hydrogen-bond acceptors (Lipinski definition) is 5. The number of nitrogens with one attached hydrogen (secondary N) is 1. The highest BCUT2D eigenvalue weighted by Crippen LogP contribution is 2.34. The molecule has 1 N–H and O–H groups in total. The summed E-state index contributed by atoms with van der Waals surface area (Å²) in [5.74, 6) is 0.0379. The summed E-state index contributed by atoms with van der Waals surface area (Å²) in [6.07, 6.45) is 5.04. The molecule has 2 saturated heterocycles. The van der Waals surface area contributed by atoms with Crippen LogP contribution < -0.4 is 5.32 Å². The number of anilines is 1. The zero-order chi connectivity index (χ0) is 15.7. The van der Waals surface area contributed by atoms with Crippen LogP contribution >= 0.6 is 0 Å². The Kier molecular flexibility index (Phi) is 4.16. The highest BCUT2D eigenvalue weighted by molar-refractivity contribution is 7.88. The van der Waals surface area contributed by atoms with Crippen LogP contribution in [0.25, 0.3) is 0 Å².